The van der Waals surface area contributed by atoms with E-state index in [1.807, 2.05) is 0 Å². The Kier molecular flexibility index (Phi) is 3.66. The molecule has 0 aromatic carbocycles. The Hall–Kier alpha value is -1.10. The molecular weight excluding hydrogens is 284 g/mol. The summed E-state index contributed by atoms with van der Waals surface area (Å²) >= 11 is 3.42. The molecule has 1 amide bonds. The summed E-state index contributed by atoms with van der Waals surface area (Å²) in [6.45, 7) is 0.658. The first kappa shape index (κ1) is 12.4. The summed E-state index contributed by atoms with van der Waals surface area (Å²) in [5, 5.41) is 3.80. The van der Waals surface area contributed by atoms with Gasteiger partial charge >= 0.3 is 0 Å². The van der Waals surface area contributed by atoms with E-state index in [0.29, 0.717) is 6.54 Å². The van der Waals surface area contributed by atoms with Gasteiger partial charge in [0.1, 0.15) is 5.56 Å². The van der Waals surface area contributed by atoms with E-state index in [9.17, 15) is 9.59 Å². The summed E-state index contributed by atoms with van der Waals surface area (Å²) in [5.41, 5.74) is 0.203. The van der Waals surface area contributed by atoms with Crippen molar-refractivity contribution in [3.63, 3.8) is 0 Å². The molecule has 1 aliphatic rings. The number of H-pyrrole nitrogens is 1. The van der Waals surface area contributed by atoms with Gasteiger partial charge in [0.15, 0.2) is 5.43 Å². The number of hydrogen-bond donors (Lipinski definition) is 2. The lowest BCUT2D eigenvalue weighted by Crippen LogP contribution is -2.33. The molecule has 0 aliphatic heterocycles. The van der Waals surface area contributed by atoms with Crippen LogP contribution in [0.4, 0.5) is 0 Å². The second-order valence-electron chi connectivity index (χ2n) is 4.54. The molecule has 17 heavy (non-hydrogen) atoms. The molecule has 1 aromatic rings. The quantitative estimate of drug-likeness (QED) is 0.812. The highest BCUT2D eigenvalue weighted by Crippen LogP contribution is 2.48. The Labute approximate surface area is 108 Å². The maximum absolute atomic E-state index is 11.8. The highest BCUT2D eigenvalue weighted by Gasteiger charge is 2.41. The van der Waals surface area contributed by atoms with Crippen LogP contribution in [-0.4, -0.2) is 22.8 Å². The van der Waals surface area contributed by atoms with Crippen molar-refractivity contribution < 1.29 is 4.79 Å². The van der Waals surface area contributed by atoms with Gasteiger partial charge in [-0.05, 0) is 24.7 Å². The summed E-state index contributed by atoms with van der Waals surface area (Å²) in [7, 11) is 0. The van der Waals surface area contributed by atoms with Crippen LogP contribution in [-0.2, 0) is 0 Å². The van der Waals surface area contributed by atoms with Crippen LogP contribution >= 0.6 is 15.9 Å². The molecule has 1 aromatic heterocycles. The number of carbonyl (C=O) groups excluding carboxylic acids is 1. The Morgan fingerprint density at radius 3 is 2.88 bits per heavy atom. The second-order valence-corrected chi connectivity index (χ2v) is 5.34. The summed E-state index contributed by atoms with van der Waals surface area (Å²) < 4.78 is 0. The van der Waals surface area contributed by atoms with Gasteiger partial charge in [-0.3, -0.25) is 9.59 Å². The average Bonchev–Trinajstić information content (AvgIpc) is 3.08. The first-order chi connectivity index (χ1) is 8.17. The Morgan fingerprint density at radius 2 is 2.29 bits per heavy atom. The van der Waals surface area contributed by atoms with Gasteiger partial charge in [-0.25, -0.2) is 0 Å². The Morgan fingerprint density at radius 1 is 1.53 bits per heavy atom. The summed E-state index contributed by atoms with van der Waals surface area (Å²) in [5.74, 6) is -0.285. The van der Waals surface area contributed by atoms with E-state index in [4.69, 9.17) is 0 Å². The number of aromatic amines is 1. The molecular formula is C12H15BrN2O2. The topological polar surface area (TPSA) is 62.0 Å². The molecule has 1 saturated carbocycles. The highest BCUT2D eigenvalue weighted by molar-refractivity contribution is 9.09. The van der Waals surface area contributed by atoms with Crippen LogP contribution in [0.15, 0.2) is 23.3 Å². The predicted molar refractivity (Wildman–Crippen MR) is 69.5 cm³/mol. The zero-order valence-electron chi connectivity index (χ0n) is 9.46. The minimum Gasteiger partial charge on any atom is -0.367 e. The van der Waals surface area contributed by atoms with E-state index >= 15 is 0 Å². The number of pyridine rings is 1. The van der Waals surface area contributed by atoms with Crippen molar-refractivity contribution in [3.05, 3.63) is 34.2 Å². The molecule has 2 N–H and O–H groups in total. The van der Waals surface area contributed by atoms with Crippen LogP contribution in [0.3, 0.4) is 0 Å². The standard InChI is InChI=1S/C12H15BrN2O2/c13-5-4-12(2-3-12)8-15-11(17)9-7-14-6-1-10(9)16/h1,6-7H,2-5,8H2,(H,14,16)(H,15,17). The molecule has 5 heteroatoms. The van der Waals surface area contributed by atoms with E-state index in [1.165, 1.54) is 18.5 Å². The summed E-state index contributed by atoms with van der Waals surface area (Å²) in [4.78, 5) is 26.0. The van der Waals surface area contributed by atoms with Crippen molar-refractivity contribution in [1.82, 2.24) is 10.3 Å². The lowest BCUT2D eigenvalue weighted by molar-refractivity contribution is 0.0943. The van der Waals surface area contributed by atoms with Gasteiger partial charge in [0.2, 0.25) is 0 Å². The molecule has 0 atom stereocenters. The number of aromatic nitrogens is 1. The molecule has 1 heterocycles. The first-order valence-corrected chi connectivity index (χ1v) is 6.80. The van der Waals surface area contributed by atoms with Crippen LogP contribution in [0.2, 0.25) is 0 Å². The second kappa shape index (κ2) is 5.04. The average molecular weight is 299 g/mol. The zero-order valence-corrected chi connectivity index (χ0v) is 11.0. The number of amides is 1. The third-order valence-electron chi connectivity index (χ3n) is 3.27. The first-order valence-electron chi connectivity index (χ1n) is 5.68. The van der Waals surface area contributed by atoms with Crippen LogP contribution in [0.5, 0.6) is 0 Å². The number of carbonyl (C=O) groups is 1. The molecule has 0 spiro atoms. The van der Waals surface area contributed by atoms with Crippen LogP contribution < -0.4 is 10.7 Å². The Bertz CT molecular complexity index is 466. The molecule has 0 unspecified atom stereocenters. The van der Waals surface area contributed by atoms with Crippen molar-refractivity contribution in [2.45, 2.75) is 19.3 Å². The molecule has 1 fully saturated rings. The van der Waals surface area contributed by atoms with Crippen LogP contribution in [0, 0.1) is 5.41 Å². The molecule has 2 rings (SSSR count). The van der Waals surface area contributed by atoms with Gasteiger partial charge < -0.3 is 10.3 Å². The smallest absolute Gasteiger partial charge is 0.256 e. The lowest BCUT2D eigenvalue weighted by Gasteiger charge is -2.14. The molecule has 4 nitrogen and oxygen atoms in total. The monoisotopic (exact) mass is 298 g/mol. The van der Waals surface area contributed by atoms with Gasteiger partial charge in [-0.15, -0.1) is 0 Å². The largest absolute Gasteiger partial charge is 0.367 e. The van der Waals surface area contributed by atoms with Gasteiger partial charge in [-0.1, -0.05) is 15.9 Å². The van der Waals surface area contributed by atoms with E-state index in [2.05, 4.69) is 26.2 Å². The van der Waals surface area contributed by atoms with E-state index in [0.717, 1.165) is 24.6 Å². The molecule has 0 radical (unpaired) electrons. The number of halogens is 1. The fraction of sp³-hybridized carbons (Fsp3) is 0.500. The number of rotatable bonds is 5. The molecule has 92 valence electrons. The van der Waals surface area contributed by atoms with E-state index in [1.54, 1.807) is 0 Å². The van der Waals surface area contributed by atoms with Crippen LogP contribution in [0.1, 0.15) is 29.6 Å². The number of alkyl halides is 1. The number of nitrogens with one attached hydrogen (secondary N) is 2. The minimum absolute atomic E-state index is 0.183. The predicted octanol–water partition coefficient (Wildman–Crippen LogP) is 1.67. The van der Waals surface area contributed by atoms with Crippen molar-refractivity contribution in [3.8, 4) is 0 Å². The van der Waals surface area contributed by atoms with Crippen molar-refractivity contribution in [2.24, 2.45) is 5.41 Å². The van der Waals surface area contributed by atoms with Crippen molar-refractivity contribution >= 4 is 21.8 Å². The van der Waals surface area contributed by atoms with Gasteiger partial charge in [0.05, 0.1) is 0 Å². The third kappa shape index (κ3) is 2.97. The Balaban J connectivity index is 1.94. The van der Waals surface area contributed by atoms with Gasteiger partial charge in [-0.2, -0.15) is 0 Å². The fourth-order valence-electron chi connectivity index (χ4n) is 1.85. The highest BCUT2D eigenvalue weighted by atomic mass is 79.9. The fourth-order valence-corrected chi connectivity index (χ4v) is 2.69. The minimum atomic E-state index is -0.285. The van der Waals surface area contributed by atoms with Crippen LogP contribution in [0.25, 0.3) is 0 Å². The summed E-state index contributed by atoms with van der Waals surface area (Å²) in [6, 6.07) is 1.36. The zero-order chi connectivity index (χ0) is 12.3. The van der Waals surface area contributed by atoms with E-state index in [-0.39, 0.29) is 22.3 Å². The van der Waals surface area contributed by atoms with E-state index < -0.39 is 0 Å². The maximum atomic E-state index is 11.8. The maximum Gasteiger partial charge on any atom is 0.256 e. The molecule has 0 saturated heterocycles. The molecule has 0 bridgehead atoms. The third-order valence-corrected chi connectivity index (χ3v) is 3.67. The van der Waals surface area contributed by atoms with Gasteiger partial charge in [0, 0.05) is 30.3 Å². The summed E-state index contributed by atoms with van der Waals surface area (Å²) in [6.07, 6.45) is 6.35. The van der Waals surface area contributed by atoms with Crippen molar-refractivity contribution in [2.75, 3.05) is 11.9 Å². The normalized spacial score (nSPS) is 16.5. The molecule has 1 aliphatic carbocycles. The number of hydrogen-bond acceptors (Lipinski definition) is 2. The van der Waals surface area contributed by atoms with Gasteiger partial charge in [0.25, 0.3) is 5.91 Å². The SMILES string of the molecule is O=C(NCC1(CCBr)CC1)c1c[nH]ccc1=O. The van der Waals surface area contributed by atoms with Crippen molar-refractivity contribution in [1.29, 1.82) is 0 Å². The lowest BCUT2D eigenvalue weighted by atomic mass is 10.0.